The Kier molecular flexibility index (Phi) is 24.7. The van der Waals surface area contributed by atoms with Crippen molar-refractivity contribution in [1.82, 2.24) is 0 Å². The fraction of sp³-hybridized carbons (Fsp3) is 0.786. The second-order valence-electron chi connectivity index (χ2n) is 8.78. The molecule has 0 rings (SSSR count). The van der Waals surface area contributed by atoms with Gasteiger partial charge in [-0.25, -0.2) is 0 Å². The first-order valence-electron chi connectivity index (χ1n) is 13.3. The Bertz CT molecular complexity index is 482. The highest BCUT2D eigenvalue weighted by Crippen LogP contribution is 2.11. The van der Waals surface area contributed by atoms with Gasteiger partial charge in [0.1, 0.15) is 0 Å². The van der Waals surface area contributed by atoms with Crippen LogP contribution in [0, 0.1) is 0 Å². The topological polar surface area (TPSA) is 63.6 Å². The number of esters is 2. The molecule has 0 bridgehead atoms. The van der Waals surface area contributed by atoms with Crippen molar-refractivity contribution in [3.8, 4) is 0 Å². The summed E-state index contributed by atoms with van der Waals surface area (Å²) in [6, 6.07) is 0. The van der Waals surface area contributed by atoms with E-state index in [-0.39, 0.29) is 18.5 Å². The van der Waals surface area contributed by atoms with Crippen LogP contribution in [-0.2, 0) is 14.3 Å². The lowest BCUT2D eigenvalue weighted by Gasteiger charge is -2.04. The average molecular weight is 451 g/mol. The van der Waals surface area contributed by atoms with Gasteiger partial charge in [0.25, 0.3) is 0 Å². The van der Waals surface area contributed by atoms with Crippen LogP contribution in [0.3, 0.4) is 0 Å². The zero-order valence-corrected chi connectivity index (χ0v) is 20.8. The summed E-state index contributed by atoms with van der Waals surface area (Å²) in [4.78, 5) is 23.5. The number of carbonyl (C=O) groups is 2. The highest BCUT2D eigenvalue weighted by atomic mass is 16.6. The van der Waals surface area contributed by atoms with Crippen molar-refractivity contribution in [3.63, 3.8) is 0 Å². The van der Waals surface area contributed by atoms with E-state index in [1.165, 1.54) is 38.5 Å². The molecule has 32 heavy (non-hydrogen) atoms. The van der Waals surface area contributed by atoms with Gasteiger partial charge in [0.2, 0.25) is 0 Å². The number of allylic oxidation sites excluding steroid dienone is 4. The zero-order chi connectivity index (χ0) is 23.5. The van der Waals surface area contributed by atoms with Crippen molar-refractivity contribution in [2.75, 3.05) is 6.61 Å². The molecular weight excluding hydrogens is 400 g/mol. The molecule has 0 saturated carbocycles. The molecule has 0 heterocycles. The van der Waals surface area contributed by atoms with Crippen LogP contribution in [0.4, 0.5) is 0 Å². The third-order valence-electron chi connectivity index (χ3n) is 5.60. The number of hydrogen-bond donors (Lipinski definition) is 1. The molecule has 0 aliphatic carbocycles. The van der Waals surface area contributed by atoms with Crippen LogP contribution < -0.4 is 0 Å². The third kappa shape index (κ3) is 24.8. The molecule has 1 N–H and O–H groups in total. The number of aliphatic hydroxyl groups is 1. The molecule has 4 nitrogen and oxygen atoms in total. The highest BCUT2D eigenvalue weighted by molar-refractivity contribution is 5.85. The Morgan fingerprint density at radius 2 is 1.03 bits per heavy atom. The molecule has 0 amide bonds. The lowest BCUT2D eigenvalue weighted by atomic mass is 10.1. The van der Waals surface area contributed by atoms with E-state index in [1.807, 2.05) is 0 Å². The van der Waals surface area contributed by atoms with Crippen molar-refractivity contribution in [2.45, 2.75) is 135 Å². The van der Waals surface area contributed by atoms with E-state index in [9.17, 15) is 9.59 Å². The van der Waals surface area contributed by atoms with Gasteiger partial charge in [0.05, 0.1) is 0 Å². The normalized spacial score (nSPS) is 11.6. The lowest BCUT2D eigenvalue weighted by Crippen LogP contribution is -2.11. The number of rotatable bonds is 23. The third-order valence-corrected chi connectivity index (χ3v) is 5.60. The summed E-state index contributed by atoms with van der Waals surface area (Å²) in [6.45, 7) is 2.51. The summed E-state index contributed by atoms with van der Waals surface area (Å²) in [7, 11) is 0. The van der Waals surface area contributed by atoms with Crippen molar-refractivity contribution in [3.05, 3.63) is 24.3 Å². The molecule has 0 aliphatic rings. The first-order chi connectivity index (χ1) is 15.7. The number of aliphatic hydroxyl groups excluding tert-OH is 1. The minimum Gasteiger partial charge on any atom is -0.396 e. The quantitative estimate of drug-likeness (QED) is 0.0741. The van der Waals surface area contributed by atoms with E-state index < -0.39 is 0 Å². The number of ether oxygens (including phenoxy) is 1. The van der Waals surface area contributed by atoms with Crippen LogP contribution in [-0.4, -0.2) is 23.7 Å². The maximum Gasteiger partial charge on any atom is 0.313 e. The Balaban J connectivity index is 3.39. The van der Waals surface area contributed by atoms with Crippen molar-refractivity contribution in [2.24, 2.45) is 0 Å². The number of carbonyl (C=O) groups excluding carboxylic acids is 2. The molecule has 0 unspecified atom stereocenters. The zero-order valence-electron chi connectivity index (χ0n) is 20.8. The Labute approximate surface area is 197 Å². The maximum absolute atomic E-state index is 11.7. The monoisotopic (exact) mass is 450 g/mol. The smallest absolute Gasteiger partial charge is 0.313 e. The largest absolute Gasteiger partial charge is 0.396 e. The second kappa shape index (κ2) is 25.8. The molecule has 0 saturated heterocycles. The predicted octanol–water partition coefficient (Wildman–Crippen LogP) is 7.98. The molecule has 0 spiro atoms. The van der Waals surface area contributed by atoms with E-state index >= 15 is 0 Å². The van der Waals surface area contributed by atoms with Crippen LogP contribution in [0.5, 0.6) is 0 Å². The minimum atomic E-state index is -0.377. The summed E-state index contributed by atoms with van der Waals surface area (Å²) < 4.78 is 4.91. The number of hydrogen-bond acceptors (Lipinski definition) is 4. The fourth-order valence-corrected chi connectivity index (χ4v) is 3.57. The molecule has 4 heteroatoms. The Morgan fingerprint density at radius 3 is 1.53 bits per heavy atom. The molecule has 0 atom stereocenters. The van der Waals surface area contributed by atoms with Gasteiger partial charge in [0.15, 0.2) is 0 Å². The SMILES string of the molecule is CCCCCC=CCC=CCCCCCCCC(=O)OC(=O)CCCCCCCCCO. The van der Waals surface area contributed by atoms with Crippen molar-refractivity contribution >= 4 is 11.9 Å². The molecule has 0 radical (unpaired) electrons. The van der Waals surface area contributed by atoms with Gasteiger partial charge in [-0.15, -0.1) is 0 Å². The average Bonchev–Trinajstić information content (AvgIpc) is 2.78. The maximum atomic E-state index is 11.7. The molecule has 0 aromatic heterocycles. The standard InChI is InChI=1S/C28H50O4/c1-2-3-4-5-6-7-8-9-10-11-12-13-15-18-21-24-27(30)32-28(31)25-22-19-16-14-17-20-23-26-29/h6-7,9-10,29H,2-5,8,11-26H2,1H3. The first-order valence-corrected chi connectivity index (χ1v) is 13.3. The summed E-state index contributed by atoms with van der Waals surface area (Å²) in [5.41, 5.74) is 0. The summed E-state index contributed by atoms with van der Waals surface area (Å²) in [6.07, 6.45) is 29.5. The minimum absolute atomic E-state index is 0.273. The van der Waals surface area contributed by atoms with Crippen LogP contribution in [0.15, 0.2) is 24.3 Å². The van der Waals surface area contributed by atoms with Crippen LogP contribution >= 0.6 is 0 Å². The van der Waals surface area contributed by atoms with Crippen LogP contribution in [0.25, 0.3) is 0 Å². The molecular formula is C28H50O4. The van der Waals surface area contributed by atoms with Crippen molar-refractivity contribution < 1.29 is 19.4 Å². The first kappa shape index (κ1) is 30.6. The molecule has 186 valence electrons. The van der Waals surface area contributed by atoms with Crippen LogP contribution in [0.1, 0.15) is 135 Å². The lowest BCUT2D eigenvalue weighted by molar-refractivity contribution is -0.159. The van der Waals surface area contributed by atoms with Crippen LogP contribution in [0.2, 0.25) is 0 Å². The molecule has 0 aromatic rings. The van der Waals surface area contributed by atoms with E-state index in [0.717, 1.165) is 77.0 Å². The van der Waals surface area contributed by atoms with Gasteiger partial charge in [0, 0.05) is 19.4 Å². The van der Waals surface area contributed by atoms with E-state index in [4.69, 9.17) is 9.84 Å². The Morgan fingerprint density at radius 1 is 0.594 bits per heavy atom. The summed E-state index contributed by atoms with van der Waals surface area (Å²) in [5, 5.41) is 8.72. The molecule has 0 aromatic carbocycles. The van der Waals surface area contributed by atoms with Gasteiger partial charge < -0.3 is 9.84 Å². The van der Waals surface area contributed by atoms with Gasteiger partial charge >= 0.3 is 11.9 Å². The highest BCUT2D eigenvalue weighted by Gasteiger charge is 2.09. The van der Waals surface area contributed by atoms with E-state index in [2.05, 4.69) is 31.2 Å². The van der Waals surface area contributed by atoms with E-state index in [1.54, 1.807) is 0 Å². The second-order valence-corrected chi connectivity index (χ2v) is 8.78. The van der Waals surface area contributed by atoms with Gasteiger partial charge in [-0.2, -0.15) is 0 Å². The summed E-state index contributed by atoms with van der Waals surface area (Å²) >= 11 is 0. The van der Waals surface area contributed by atoms with Gasteiger partial charge in [-0.1, -0.05) is 95.4 Å². The predicted molar refractivity (Wildman–Crippen MR) is 134 cm³/mol. The molecule has 0 fully saturated rings. The number of unbranched alkanes of at least 4 members (excludes halogenated alkanes) is 14. The van der Waals surface area contributed by atoms with Gasteiger partial charge in [-0.3, -0.25) is 9.59 Å². The molecule has 0 aliphatic heterocycles. The Hall–Kier alpha value is -1.42. The van der Waals surface area contributed by atoms with E-state index in [0.29, 0.717) is 12.8 Å². The van der Waals surface area contributed by atoms with Crippen molar-refractivity contribution in [1.29, 1.82) is 0 Å². The van der Waals surface area contributed by atoms with Gasteiger partial charge in [-0.05, 0) is 51.4 Å². The fourth-order valence-electron chi connectivity index (χ4n) is 3.57. The summed E-state index contributed by atoms with van der Waals surface area (Å²) in [5.74, 6) is -0.748.